The summed E-state index contributed by atoms with van der Waals surface area (Å²) in [5, 5.41) is 3.72. The highest BCUT2D eigenvalue weighted by atomic mass is 35.5. The van der Waals surface area contributed by atoms with Crippen molar-refractivity contribution in [2.45, 2.75) is 18.4 Å². The predicted octanol–water partition coefficient (Wildman–Crippen LogP) is 3.25. The molecule has 4 nitrogen and oxygen atoms in total. The minimum atomic E-state index is -0.220. The third-order valence-corrected chi connectivity index (χ3v) is 3.59. The zero-order chi connectivity index (χ0) is 14.1. The van der Waals surface area contributed by atoms with Crippen LogP contribution in [0.4, 0.5) is 10.2 Å². The summed E-state index contributed by atoms with van der Waals surface area (Å²) in [6.07, 6.45) is 2.47. The first kappa shape index (κ1) is 13.1. The molecule has 1 aliphatic rings. The molecule has 6 heteroatoms. The SMILES string of the molecule is COc1ncc(Cl)c(N[C@@H]2C[C@H]2c2ccc(F)cc2)n1. The second-order valence-corrected chi connectivity index (χ2v) is 5.11. The fraction of sp³-hybridized carbons (Fsp3) is 0.286. The molecule has 1 heterocycles. The zero-order valence-corrected chi connectivity index (χ0v) is 11.6. The number of nitrogens with zero attached hydrogens (tertiary/aromatic N) is 2. The van der Waals surface area contributed by atoms with Gasteiger partial charge in [-0.15, -0.1) is 0 Å². The maximum Gasteiger partial charge on any atom is 0.318 e. The van der Waals surface area contributed by atoms with Gasteiger partial charge in [-0.05, 0) is 24.1 Å². The highest BCUT2D eigenvalue weighted by Gasteiger charge is 2.39. The molecule has 1 aromatic carbocycles. The Bertz CT molecular complexity index is 620. The van der Waals surface area contributed by atoms with Crippen LogP contribution in [0.3, 0.4) is 0 Å². The van der Waals surface area contributed by atoms with Crippen LogP contribution in [0.1, 0.15) is 17.9 Å². The lowest BCUT2D eigenvalue weighted by atomic mass is 10.1. The Morgan fingerprint density at radius 3 is 2.80 bits per heavy atom. The molecule has 1 N–H and O–H groups in total. The van der Waals surface area contributed by atoms with Gasteiger partial charge in [0.15, 0.2) is 5.82 Å². The average molecular weight is 294 g/mol. The number of hydrogen-bond acceptors (Lipinski definition) is 4. The summed E-state index contributed by atoms with van der Waals surface area (Å²) in [5.74, 6) is 0.697. The van der Waals surface area contributed by atoms with Crippen LogP contribution < -0.4 is 10.1 Å². The first-order valence-corrected chi connectivity index (χ1v) is 6.63. The largest absolute Gasteiger partial charge is 0.467 e. The second-order valence-electron chi connectivity index (χ2n) is 4.70. The van der Waals surface area contributed by atoms with Crippen LogP contribution in [0.2, 0.25) is 5.02 Å². The number of rotatable bonds is 4. The number of halogens is 2. The summed E-state index contributed by atoms with van der Waals surface area (Å²) in [6, 6.07) is 7.10. The molecule has 0 amide bonds. The van der Waals surface area contributed by atoms with E-state index in [9.17, 15) is 4.39 Å². The highest BCUT2D eigenvalue weighted by molar-refractivity contribution is 6.32. The van der Waals surface area contributed by atoms with E-state index in [4.69, 9.17) is 16.3 Å². The molecule has 1 aromatic heterocycles. The lowest BCUT2D eigenvalue weighted by Crippen LogP contribution is -2.07. The quantitative estimate of drug-likeness (QED) is 0.940. The summed E-state index contributed by atoms with van der Waals surface area (Å²) in [5.41, 5.74) is 1.11. The lowest BCUT2D eigenvalue weighted by Gasteiger charge is -2.08. The third kappa shape index (κ3) is 2.67. The minimum Gasteiger partial charge on any atom is -0.467 e. The number of aromatic nitrogens is 2. The standard InChI is InChI=1S/C14H13ClFN3O/c1-20-14-17-7-11(15)13(19-14)18-12-6-10(12)8-2-4-9(16)5-3-8/h2-5,7,10,12H,6H2,1H3,(H,17,18,19)/t10-,12+/m0/s1. The van der Waals surface area contributed by atoms with E-state index in [0.29, 0.717) is 16.8 Å². The molecule has 2 aromatic rings. The van der Waals surface area contributed by atoms with Gasteiger partial charge >= 0.3 is 6.01 Å². The van der Waals surface area contributed by atoms with Crippen LogP contribution in [-0.2, 0) is 0 Å². The molecule has 1 saturated carbocycles. The molecule has 0 aliphatic heterocycles. The van der Waals surface area contributed by atoms with Crippen LogP contribution in [-0.4, -0.2) is 23.1 Å². The Morgan fingerprint density at radius 2 is 2.10 bits per heavy atom. The second kappa shape index (κ2) is 5.25. The number of anilines is 1. The first-order chi connectivity index (χ1) is 9.67. The van der Waals surface area contributed by atoms with E-state index in [2.05, 4.69) is 15.3 Å². The van der Waals surface area contributed by atoms with Gasteiger partial charge < -0.3 is 10.1 Å². The molecule has 0 spiro atoms. The number of benzene rings is 1. The van der Waals surface area contributed by atoms with Crippen LogP contribution >= 0.6 is 11.6 Å². The summed E-state index contributed by atoms with van der Waals surface area (Å²) < 4.78 is 17.9. The molecular weight excluding hydrogens is 281 g/mol. The van der Waals surface area contributed by atoms with Crippen molar-refractivity contribution in [2.75, 3.05) is 12.4 Å². The summed E-state index contributed by atoms with van der Waals surface area (Å²) in [4.78, 5) is 8.10. The highest BCUT2D eigenvalue weighted by Crippen LogP contribution is 2.43. The van der Waals surface area contributed by atoms with Crippen molar-refractivity contribution in [1.29, 1.82) is 0 Å². The van der Waals surface area contributed by atoms with Gasteiger partial charge in [0.1, 0.15) is 10.8 Å². The van der Waals surface area contributed by atoms with Crippen molar-refractivity contribution >= 4 is 17.4 Å². The molecule has 0 saturated heterocycles. The monoisotopic (exact) mass is 293 g/mol. The van der Waals surface area contributed by atoms with Crippen molar-refractivity contribution in [1.82, 2.24) is 9.97 Å². The Labute approximate surface area is 121 Å². The van der Waals surface area contributed by atoms with E-state index in [-0.39, 0.29) is 17.9 Å². The smallest absolute Gasteiger partial charge is 0.318 e. The van der Waals surface area contributed by atoms with Crippen LogP contribution in [0.5, 0.6) is 6.01 Å². The molecule has 0 radical (unpaired) electrons. The van der Waals surface area contributed by atoms with Gasteiger partial charge in [-0.3, -0.25) is 0 Å². The average Bonchev–Trinajstić information content (AvgIpc) is 3.21. The number of methoxy groups -OCH3 is 1. The Balaban J connectivity index is 1.70. The van der Waals surface area contributed by atoms with Crippen molar-refractivity contribution in [3.8, 4) is 6.01 Å². The van der Waals surface area contributed by atoms with Crippen LogP contribution in [0.15, 0.2) is 30.5 Å². The minimum absolute atomic E-state index is 0.220. The maximum atomic E-state index is 12.9. The first-order valence-electron chi connectivity index (χ1n) is 6.26. The van der Waals surface area contributed by atoms with E-state index in [1.54, 1.807) is 0 Å². The van der Waals surface area contributed by atoms with Gasteiger partial charge in [-0.1, -0.05) is 23.7 Å². The lowest BCUT2D eigenvalue weighted by molar-refractivity contribution is 0.380. The van der Waals surface area contributed by atoms with Crippen molar-refractivity contribution in [2.24, 2.45) is 0 Å². The normalized spacial score (nSPS) is 20.6. The van der Waals surface area contributed by atoms with Crippen LogP contribution in [0, 0.1) is 5.82 Å². The Morgan fingerprint density at radius 1 is 1.35 bits per heavy atom. The van der Waals surface area contributed by atoms with Crippen molar-refractivity contribution in [3.63, 3.8) is 0 Å². The van der Waals surface area contributed by atoms with Gasteiger partial charge in [-0.2, -0.15) is 4.98 Å². The van der Waals surface area contributed by atoms with Crippen molar-refractivity contribution < 1.29 is 9.13 Å². The van der Waals surface area contributed by atoms with Crippen molar-refractivity contribution in [3.05, 3.63) is 46.9 Å². The fourth-order valence-electron chi connectivity index (χ4n) is 2.16. The van der Waals surface area contributed by atoms with E-state index >= 15 is 0 Å². The number of nitrogens with one attached hydrogen (secondary N) is 1. The fourth-order valence-corrected chi connectivity index (χ4v) is 2.30. The number of ether oxygens (including phenoxy) is 1. The van der Waals surface area contributed by atoms with E-state index in [0.717, 1.165) is 12.0 Å². The molecule has 2 atom stereocenters. The van der Waals surface area contributed by atoms with Gasteiger partial charge in [0.05, 0.1) is 13.3 Å². The molecule has 1 aliphatic carbocycles. The molecule has 104 valence electrons. The van der Waals surface area contributed by atoms with Gasteiger partial charge in [0, 0.05) is 12.0 Å². The topological polar surface area (TPSA) is 47.0 Å². The van der Waals surface area contributed by atoms with E-state index in [1.165, 1.54) is 25.4 Å². The Kier molecular flexibility index (Phi) is 3.44. The third-order valence-electron chi connectivity index (χ3n) is 3.32. The molecule has 0 unspecified atom stereocenters. The molecule has 20 heavy (non-hydrogen) atoms. The number of hydrogen-bond donors (Lipinski definition) is 1. The Hall–Kier alpha value is -1.88. The molecule has 1 fully saturated rings. The summed E-state index contributed by atoms with van der Waals surface area (Å²) in [7, 11) is 1.51. The van der Waals surface area contributed by atoms with E-state index < -0.39 is 0 Å². The maximum absolute atomic E-state index is 12.9. The van der Waals surface area contributed by atoms with Gasteiger partial charge in [-0.25, -0.2) is 9.37 Å². The van der Waals surface area contributed by atoms with Gasteiger partial charge in [0.2, 0.25) is 0 Å². The molecule has 3 rings (SSSR count). The summed E-state index contributed by atoms with van der Waals surface area (Å²) in [6.45, 7) is 0. The molecule has 0 bridgehead atoms. The van der Waals surface area contributed by atoms with E-state index in [1.807, 2.05) is 12.1 Å². The molecular formula is C14H13ClFN3O. The predicted molar refractivity (Wildman–Crippen MR) is 74.8 cm³/mol. The zero-order valence-electron chi connectivity index (χ0n) is 10.8. The van der Waals surface area contributed by atoms with Gasteiger partial charge in [0.25, 0.3) is 0 Å². The summed E-state index contributed by atoms with van der Waals surface area (Å²) >= 11 is 6.05. The van der Waals surface area contributed by atoms with Crippen LogP contribution in [0.25, 0.3) is 0 Å².